The second-order valence-electron chi connectivity index (χ2n) is 2.37. The van der Waals surface area contributed by atoms with E-state index in [-0.39, 0.29) is 17.2 Å². The zero-order valence-corrected chi connectivity index (χ0v) is 7.71. The van der Waals surface area contributed by atoms with Crippen molar-refractivity contribution in [3.63, 3.8) is 0 Å². The molecule has 0 bridgehead atoms. The Balaban J connectivity index is 2.93. The maximum atomic E-state index is 10.9. The van der Waals surface area contributed by atoms with E-state index in [4.69, 9.17) is 11.6 Å². The Hall–Kier alpha value is -1.29. The summed E-state index contributed by atoms with van der Waals surface area (Å²) in [7, 11) is 1.27. The highest BCUT2D eigenvalue weighted by atomic mass is 35.5. The van der Waals surface area contributed by atoms with E-state index >= 15 is 0 Å². The Morgan fingerprint density at radius 2 is 2.38 bits per heavy atom. The third-order valence-corrected chi connectivity index (χ3v) is 1.86. The van der Waals surface area contributed by atoms with Crippen molar-refractivity contribution >= 4 is 17.6 Å². The van der Waals surface area contributed by atoms with Crippen molar-refractivity contribution < 1.29 is 14.6 Å². The van der Waals surface area contributed by atoms with Gasteiger partial charge in [-0.25, -0.2) is 0 Å². The van der Waals surface area contributed by atoms with E-state index in [1.54, 1.807) is 0 Å². The van der Waals surface area contributed by atoms with E-state index in [2.05, 4.69) is 9.72 Å². The second kappa shape index (κ2) is 4.09. The van der Waals surface area contributed by atoms with Crippen LogP contribution < -0.4 is 0 Å². The second-order valence-corrected chi connectivity index (χ2v) is 2.78. The number of esters is 1. The summed E-state index contributed by atoms with van der Waals surface area (Å²) in [6, 6.07) is 0. The molecule has 0 aliphatic heterocycles. The summed E-state index contributed by atoms with van der Waals surface area (Å²) < 4.78 is 4.44. The fourth-order valence-electron chi connectivity index (χ4n) is 0.843. The molecule has 0 fully saturated rings. The highest BCUT2D eigenvalue weighted by Crippen LogP contribution is 2.24. The average Bonchev–Trinajstić information content (AvgIpc) is 2.11. The van der Waals surface area contributed by atoms with Gasteiger partial charge in [0.25, 0.3) is 0 Å². The Bertz CT molecular complexity index is 307. The minimum atomic E-state index is -0.455. The van der Waals surface area contributed by atoms with Gasteiger partial charge >= 0.3 is 5.97 Å². The number of aromatic nitrogens is 1. The molecule has 0 unspecified atom stereocenters. The van der Waals surface area contributed by atoms with Crippen LogP contribution in [0.25, 0.3) is 0 Å². The average molecular weight is 202 g/mol. The molecule has 1 heterocycles. The molecule has 0 spiro atoms. The summed E-state index contributed by atoms with van der Waals surface area (Å²) in [5, 5.41) is 9.54. The highest BCUT2D eigenvalue weighted by Gasteiger charge is 2.11. The van der Waals surface area contributed by atoms with Crippen molar-refractivity contribution in [2.24, 2.45) is 0 Å². The third kappa shape index (κ3) is 2.32. The summed E-state index contributed by atoms with van der Waals surface area (Å²) in [5.74, 6) is -0.554. The topological polar surface area (TPSA) is 59.4 Å². The summed E-state index contributed by atoms with van der Waals surface area (Å²) in [6.45, 7) is 0. The Kier molecular flexibility index (Phi) is 3.08. The van der Waals surface area contributed by atoms with Crippen molar-refractivity contribution in [2.75, 3.05) is 7.11 Å². The Morgan fingerprint density at radius 3 is 2.92 bits per heavy atom. The lowest BCUT2D eigenvalue weighted by molar-refractivity contribution is -0.139. The van der Waals surface area contributed by atoms with E-state index in [0.717, 1.165) is 0 Å². The number of methoxy groups -OCH3 is 1. The summed E-state index contributed by atoms with van der Waals surface area (Å²) in [5.41, 5.74) is 0.337. The van der Waals surface area contributed by atoms with Gasteiger partial charge in [0.1, 0.15) is 5.75 Å². The highest BCUT2D eigenvalue weighted by molar-refractivity contribution is 6.31. The van der Waals surface area contributed by atoms with Crippen molar-refractivity contribution in [3.05, 3.63) is 23.0 Å². The van der Waals surface area contributed by atoms with Gasteiger partial charge in [-0.05, 0) is 0 Å². The van der Waals surface area contributed by atoms with Gasteiger partial charge in [-0.2, -0.15) is 0 Å². The zero-order chi connectivity index (χ0) is 9.84. The number of carbonyl (C=O) groups excluding carboxylic acids is 1. The van der Waals surface area contributed by atoms with Gasteiger partial charge in [-0.3, -0.25) is 9.78 Å². The molecule has 0 aliphatic carbocycles. The van der Waals surface area contributed by atoms with E-state index in [0.29, 0.717) is 5.56 Å². The summed E-state index contributed by atoms with van der Waals surface area (Å²) >= 11 is 5.70. The van der Waals surface area contributed by atoms with Crippen LogP contribution in [-0.4, -0.2) is 23.2 Å². The quantitative estimate of drug-likeness (QED) is 0.730. The van der Waals surface area contributed by atoms with Crippen LogP contribution in [0.5, 0.6) is 5.75 Å². The van der Waals surface area contributed by atoms with Gasteiger partial charge in [0.2, 0.25) is 0 Å². The summed E-state index contributed by atoms with van der Waals surface area (Å²) in [6.07, 6.45) is 2.54. The molecule has 0 saturated carbocycles. The number of hydrogen-bond donors (Lipinski definition) is 1. The minimum absolute atomic E-state index is 0.0519. The first-order valence-electron chi connectivity index (χ1n) is 3.53. The maximum Gasteiger partial charge on any atom is 0.310 e. The van der Waals surface area contributed by atoms with Crippen LogP contribution in [0.4, 0.5) is 0 Å². The van der Waals surface area contributed by atoms with Gasteiger partial charge in [0.15, 0.2) is 0 Å². The number of nitrogens with zero attached hydrogens (tertiary/aromatic N) is 1. The van der Waals surface area contributed by atoms with Crippen LogP contribution in [0.1, 0.15) is 5.56 Å². The predicted octanol–water partition coefficient (Wildman–Crippen LogP) is 1.16. The SMILES string of the molecule is COC(=O)Cc1c(O)cncc1Cl. The lowest BCUT2D eigenvalue weighted by atomic mass is 10.2. The van der Waals surface area contributed by atoms with Gasteiger partial charge in [0, 0.05) is 11.8 Å². The minimum Gasteiger partial charge on any atom is -0.506 e. The lowest BCUT2D eigenvalue weighted by Gasteiger charge is -2.03. The number of rotatable bonds is 2. The molecule has 5 heteroatoms. The molecule has 0 aromatic carbocycles. The van der Waals surface area contributed by atoms with Crippen LogP contribution in [0.3, 0.4) is 0 Å². The number of hydrogen-bond acceptors (Lipinski definition) is 4. The molecule has 70 valence electrons. The molecule has 1 aromatic rings. The normalized spacial score (nSPS) is 9.69. The molecule has 13 heavy (non-hydrogen) atoms. The smallest absolute Gasteiger partial charge is 0.310 e. The van der Waals surface area contributed by atoms with E-state index < -0.39 is 5.97 Å². The fourth-order valence-corrected chi connectivity index (χ4v) is 1.06. The molecule has 0 saturated heterocycles. The molecule has 0 aliphatic rings. The molecule has 0 atom stereocenters. The lowest BCUT2D eigenvalue weighted by Crippen LogP contribution is -2.05. The molecule has 1 aromatic heterocycles. The van der Waals surface area contributed by atoms with Gasteiger partial charge in [-0.1, -0.05) is 11.6 Å². The third-order valence-electron chi connectivity index (χ3n) is 1.53. The molecule has 0 radical (unpaired) electrons. The number of pyridine rings is 1. The number of ether oxygens (including phenoxy) is 1. The van der Waals surface area contributed by atoms with Crippen LogP contribution >= 0.6 is 11.6 Å². The van der Waals surface area contributed by atoms with Crippen LogP contribution in [0.2, 0.25) is 5.02 Å². The molecule has 1 rings (SSSR count). The monoisotopic (exact) mass is 201 g/mol. The van der Waals surface area contributed by atoms with Gasteiger partial charge < -0.3 is 9.84 Å². The van der Waals surface area contributed by atoms with E-state index in [1.165, 1.54) is 19.5 Å². The number of carbonyl (C=O) groups is 1. The maximum absolute atomic E-state index is 10.9. The first-order chi connectivity index (χ1) is 6.15. The first-order valence-corrected chi connectivity index (χ1v) is 3.91. The number of aromatic hydroxyl groups is 1. The predicted molar refractivity (Wildman–Crippen MR) is 46.6 cm³/mol. The Labute approximate surface area is 80.1 Å². The first kappa shape index (κ1) is 9.80. The van der Waals surface area contributed by atoms with E-state index in [1.807, 2.05) is 0 Å². The van der Waals surface area contributed by atoms with Crippen molar-refractivity contribution in [1.82, 2.24) is 4.98 Å². The Morgan fingerprint density at radius 1 is 1.69 bits per heavy atom. The van der Waals surface area contributed by atoms with Crippen LogP contribution in [0, 0.1) is 0 Å². The van der Waals surface area contributed by atoms with Crippen molar-refractivity contribution in [2.45, 2.75) is 6.42 Å². The van der Waals surface area contributed by atoms with Gasteiger partial charge in [-0.15, -0.1) is 0 Å². The summed E-state index contributed by atoms with van der Waals surface area (Å²) in [4.78, 5) is 14.5. The molecule has 0 amide bonds. The van der Waals surface area contributed by atoms with Crippen LogP contribution in [0.15, 0.2) is 12.4 Å². The van der Waals surface area contributed by atoms with E-state index in [9.17, 15) is 9.90 Å². The fraction of sp³-hybridized carbons (Fsp3) is 0.250. The van der Waals surface area contributed by atoms with Crippen LogP contribution in [-0.2, 0) is 16.0 Å². The van der Waals surface area contributed by atoms with Gasteiger partial charge in [0.05, 0.1) is 24.8 Å². The largest absolute Gasteiger partial charge is 0.506 e. The standard InChI is InChI=1S/C8H8ClNO3/c1-13-8(12)2-5-6(9)3-10-4-7(5)11/h3-4,11H,2H2,1H3. The zero-order valence-electron chi connectivity index (χ0n) is 6.95. The molecule has 4 nitrogen and oxygen atoms in total. The van der Waals surface area contributed by atoms with Crippen molar-refractivity contribution in [3.8, 4) is 5.75 Å². The molecule has 1 N–H and O–H groups in total. The van der Waals surface area contributed by atoms with Crippen molar-refractivity contribution in [1.29, 1.82) is 0 Å². The molecular weight excluding hydrogens is 194 g/mol. The molecular formula is C8H8ClNO3. The number of halogens is 1.